The Morgan fingerprint density at radius 3 is 1.79 bits per heavy atom. The van der Waals surface area contributed by atoms with Gasteiger partial charge in [-0.3, -0.25) is 9.59 Å². The second-order valence-corrected chi connectivity index (χ2v) is 9.98. The summed E-state index contributed by atoms with van der Waals surface area (Å²) in [6.45, 7) is 0. The maximum absolute atomic E-state index is 14.1. The van der Waals surface area contributed by atoms with Crippen LogP contribution in [-0.2, 0) is 16.0 Å². The molecular formula is C30H22O12. The van der Waals surface area contributed by atoms with Crippen molar-refractivity contribution in [3.05, 3.63) is 82.4 Å². The van der Waals surface area contributed by atoms with Crippen LogP contribution in [0.2, 0.25) is 0 Å². The van der Waals surface area contributed by atoms with Crippen LogP contribution in [0.15, 0.2) is 54.6 Å². The molecule has 0 bridgehead atoms. The van der Waals surface area contributed by atoms with Gasteiger partial charge in [0.1, 0.15) is 34.5 Å². The van der Waals surface area contributed by atoms with Crippen LogP contribution in [0.1, 0.15) is 45.9 Å². The number of hydrogen-bond donors (Lipinski definition) is 8. The van der Waals surface area contributed by atoms with E-state index in [9.17, 15) is 50.4 Å². The van der Waals surface area contributed by atoms with Gasteiger partial charge < -0.3 is 50.3 Å². The van der Waals surface area contributed by atoms with Crippen molar-refractivity contribution < 1.29 is 59.9 Å². The molecule has 0 spiro atoms. The van der Waals surface area contributed by atoms with Crippen LogP contribution in [-0.4, -0.2) is 52.4 Å². The molecule has 0 aliphatic carbocycles. The number of phenolic OH excluding ortho intramolecular Hbond substituents is 8. The van der Waals surface area contributed by atoms with Crippen LogP contribution in [0.4, 0.5) is 0 Å². The number of hydrogen-bond acceptors (Lipinski definition) is 12. The van der Waals surface area contributed by atoms with E-state index >= 15 is 0 Å². The van der Waals surface area contributed by atoms with Crippen LogP contribution < -0.4 is 9.47 Å². The SMILES string of the molecule is O=C1Cc2c(O)cc(O)c(C3C(=O)C(c4ccc(O)c(O)c4)Oc4cc(O)cc(O)c43)c2OC1c1ccc(O)c(O)c1. The minimum absolute atomic E-state index is 0.0509. The lowest BCUT2D eigenvalue weighted by molar-refractivity contribution is -0.128. The molecule has 3 unspecified atom stereocenters. The lowest BCUT2D eigenvalue weighted by Crippen LogP contribution is -2.33. The summed E-state index contributed by atoms with van der Waals surface area (Å²) in [7, 11) is 0. The van der Waals surface area contributed by atoms with Crippen molar-refractivity contribution in [3.63, 3.8) is 0 Å². The fourth-order valence-corrected chi connectivity index (χ4v) is 5.37. The lowest BCUT2D eigenvalue weighted by atomic mass is 9.78. The molecule has 0 fully saturated rings. The Morgan fingerprint density at radius 1 is 0.571 bits per heavy atom. The number of carbonyl (C=O) groups is 2. The standard InChI is InChI=1S/C30H22O12/c31-13-7-20(37)24-23(8-13)41-29(12-2-4-16(33)19(36)6-12)27(40)26(24)25-21(38)10-17(34)14-9-22(39)28(42-30(14)25)11-1-3-15(32)18(35)5-11/h1-8,10,26,28-29,31-38H,9H2. The second-order valence-electron chi connectivity index (χ2n) is 9.98. The fourth-order valence-electron chi connectivity index (χ4n) is 5.37. The molecule has 2 aliphatic heterocycles. The van der Waals surface area contributed by atoms with Crippen molar-refractivity contribution >= 4 is 11.6 Å². The molecule has 0 aromatic heterocycles. The van der Waals surface area contributed by atoms with Crippen molar-refractivity contribution in [3.8, 4) is 57.5 Å². The van der Waals surface area contributed by atoms with E-state index in [1.54, 1.807) is 0 Å². The van der Waals surface area contributed by atoms with Crippen LogP contribution in [0, 0.1) is 0 Å². The number of phenols is 8. The Balaban J connectivity index is 1.56. The molecule has 0 amide bonds. The van der Waals surface area contributed by atoms with Crippen molar-refractivity contribution in [1.82, 2.24) is 0 Å². The van der Waals surface area contributed by atoms with E-state index in [0.29, 0.717) is 0 Å². The summed E-state index contributed by atoms with van der Waals surface area (Å²) < 4.78 is 11.9. The zero-order chi connectivity index (χ0) is 30.0. The Kier molecular flexibility index (Phi) is 5.92. The van der Waals surface area contributed by atoms with Gasteiger partial charge in [-0.2, -0.15) is 0 Å². The van der Waals surface area contributed by atoms with Gasteiger partial charge in [-0.15, -0.1) is 0 Å². The molecule has 42 heavy (non-hydrogen) atoms. The fraction of sp³-hybridized carbons (Fsp3) is 0.133. The van der Waals surface area contributed by atoms with E-state index in [4.69, 9.17) is 9.47 Å². The van der Waals surface area contributed by atoms with E-state index in [0.717, 1.165) is 42.5 Å². The summed E-state index contributed by atoms with van der Waals surface area (Å²) in [6.07, 6.45) is -3.26. The molecule has 2 heterocycles. The van der Waals surface area contributed by atoms with E-state index in [2.05, 4.69) is 0 Å². The second kappa shape index (κ2) is 9.41. The topological polar surface area (TPSA) is 214 Å². The maximum atomic E-state index is 14.1. The van der Waals surface area contributed by atoms with Crippen LogP contribution in [0.5, 0.6) is 57.5 Å². The first kappa shape index (κ1) is 26.4. The Morgan fingerprint density at radius 2 is 1.17 bits per heavy atom. The van der Waals surface area contributed by atoms with Gasteiger partial charge >= 0.3 is 0 Å². The minimum Gasteiger partial charge on any atom is -0.508 e. The highest BCUT2D eigenvalue weighted by Gasteiger charge is 2.46. The molecule has 0 saturated carbocycles. The first-order chi connectivity index (χ1) is 19.9. The third-order valence-corrected chi connectivity index (χ3v) is 7.33. The zero-order valence-electron chi connectivity index (χ0n) is 21.3. The van der Waals surface area contributed by atoms with Gasteiger partial charge in [0.25, 0.3) is 0 Å². The molecular weight excluding hydrogens is 552 g/mol. The summed E-state index contributed by atoms with van der Waals surface area (Å²) >= 11 is 0. The summed E-state index contributed by atoms with van der Waals surface area (Å²) in [4.78, 5) is 27.2. The van der Waals surface area contributed by atoms with Gasteiger partial charge in [-0.25, -0.2) is 0 Å². The molecule has 4 aromatic carbocycles. The van der Waals surface area contributed by atoms with Gasteiger partial charge in [-0.05, 0) is 24.3 Å². The monoisotopic (exact) mass is 574 g/mol. The van der Waals surface area contributed by atoms with Gasteiger partial charge in [-0.1, -0.05) is 12.1 Å². The number of benzene rings is 4. The highest BCUT2D eigenvalue weighted by atomic mass is 16.5. The van der Waals surface area contributed by atoms with E-state index in [1.165, 1.54) is 12.1 Å². The molecule has 0 radical (unpaired) electrons. The van der Waals surface area contributed by atoms with Gasteiger partial charge in [0.05, 0.1) is 17.0 Å². The molecule has 12 heteroatoms. The van der Waals surface area contributed by atoms with Crippen LogP contribution in [0.3, 0.4) is 0 Å². The van der Waals surface area contributed by atoms with Gasteiger partial charge in [0.2, 0.25) is 0 Å². The van der Waals surface area contributed by atoms with Gasteiger partial charge in [0, 0.05) is 41.3 Å². The Hall–Kier alpha value is -5.78. The summed E-state index contributed by atoms with van der Waals surface area (Å²) in [5.74, 6) is -7.30. The largest absolute Gasteiger partial charge is 0.508 e. The smallest absolute Gasteiger partial charge is 0.190 e. The maximum Gasteiger partial charge on any atom is 0.190 e. The molecule has 4 aromatic rings. The molecule has 3 atom stereocenters. The molecule has 0 saturated heterocycles. The first-order valence-electron chi connectivity index (χ1n) is 12.5. The molecule has 214 valence electrons. The first-order valence-corrected chi connectivity index (χ1v) is 12.5. The van der Waals surface area contributed by atoms with E-state index < -0.39 is 82.1 Å². The molecule has 2 aliphatic rings. The average Bonchev–Trinajstić information content (AvgIpc) is 2.93. The summed E-state index contributed by atoms with van der Waals surface area (Å²) in [6, 6.07) is 10.2. The number of carbonyl (C=O) groups excluding carboxylic acids is 2. The predicted molar refractivity (Wildman–Crippen MR) is 141 cm³/mol. The van der Waals surface area contributed by atoms with E-state index in [-0.39, 0.29) is 39.3 Å². The highest BCUT2D eigenvalue weighted by molar-refractivity contribution is 5.99. The van der Waals surface area contributed by atoms with Crippen molar-refractivity contribution in [2.45, 2.75) is 24.5 Å². The predicted octanol–water partition coefficient (Wildman–Crippen LogP) is 3.41. The number of ether oxygens (including phenoxy) is 2. The Bertz CT molecular complexity index is 1810. The normalized spacial score (nSPS) is 19.4. The lowest BCUT2D eigenvalue weighted by Gasteiger charge is -2.35. The summed E-state index contributed by atoms with van der Waals surface area (Å²) in [5, 5.41) is 82.3. The molecule has 12 nitrogen and oxygen atoms in total. The number of fused-ring (bicyclic) bond motifs is 2. The van der Waals surface area contributed by atoms with Crippen LogP contribution in [0.25, 0.3) is 0 Å². The minimum atomic E-state index is -1.55. The average molecular weight is 574 g/mol. The summed E-state index contributed by atoms with van der Waals surface area (Å²) in [5.41, 5.74) is -0.204. The number of ketones is 2. The van der Waals surface area contributed by atoms with E-state index in [1.807, 2.05) is 0 Å². The number of aromatic hydroxyl groups is 8. The molecule has 6 rings (SSSR count). The Labute approximate surface area is 236 Å². The molecule has 8 N–H and O–H groups in total. The van der Waals surface area contributed by atoms with Crippen molar-refractivity contribution in [1.29, 1.82) is 0 Å². The number of rotatable bonds is 3. The third kappa shape index (κ3) is 4.08. The third-order valence-electron chi connectivity index (χ3n) is 7.33. The highest BCUT2D eigenvalue weighted by Crippen LogP contribution is 2.55. The van der Waals surface area contributed by atoms with Crippen molar-refractivity contribution in [2.75, 3.05) is 0 Å². The van der Waals surface area contributed by atoms with Crippen LogP contribution >= 0.6 is 0 Å². The quantitative estimate of drug-likeness (QED) is 0.165. The zero-order valence-corrected chi connectivity index (χ0v) is 21.3. The number of Topliss-reactive ketones (excluding diaryl/α,β-unsaturated/α-hetero) is 2. The van der Waals surface area contributed by atoms with Crippen molar-refractivity contribution in [2.24, 2.45) is 0 Å². The van der Waals surface area contributed by atoms with Gasteiger partial charge in [0.15, 0.2) is 46.8 Å².